The second-order valence-electron chi connectivity index (χ2n) is 5.92. The Balaban J connectivity index is 1.97. The molecule has 1 saturated heterocycles. The molecule has 0 N–H and O–H groups in total. The number of rotatable bonds is 3. The minimum atomic E-state index is 0.572. The fourth-order valence-electron chi connectivity index (χ4n) is 3.28. The van der Waals surface area contributed by atoms with Gasteiger partial charge in [-0.05, 0) is 55.3 Å². The number of piperidine rings is 1. The zero-order valence-electron chi connectivity index (χ0n) is 12.9. The van der Waals surface area contributed by atoms with Gasteiger partial charge in [-0.15, -0.1) is 0 Å². The molecular weight excluding hydrogens is 258 g/mol. The van der Waals surface area contributed by atoms with Crippen molar-refractivity contribution >= 4 is 0 Å². The summed E-state index contributed by atoms with van der Waals surface area (Å²) in [6, 6.07) is 17.2. The molecule has 110 valence electrons. The molecule has 0 aromatic heterocycles. The molecule has 2 heteroatoms. The van der Waals surface area contributed by atoms with Crippen molar-refractivity contribution in [2.24, 2.45) is 0 Å². The third kappa shape index (κ3) is 3.11. The van der Waals surface area contributed by atoms with Crippen LogP contribution in [0.3, 0.4) is 0 Å². The number of benzene rings is 2. The molecule has 0 spiro atoms. The number of ether oxygens (including phenoxy) is 1. The third-order valence-corrected chi connectivity index (χ3v) is 4.40. The highest BCUT2D eigenvalue weighted by atomic mass is 16.5. The molecule has 1 heterocycles. The first-order valence-electron chi connectivity index (χ1n) is 7.70. The van der Waals surface area contributed by atoms with Crippen LogP contribution in [-0.2, 0) is 0 Å². The second-order valence-corrected chi connectivity index (χ2v) is 5.92. The van der Waals surface area contributed by atoms with Crippen LogP contribution in [0.25, 0.3) is 11.1 Å². The van der Waals surface area contributed by atoms with Crippen LogP contribution in [0.5, 0.6) is 5.75 Å². The van der Waals surface area contributed by atoms with Crippen molar-refractivity contribution in [2.45, 2.75) is 18.8 Å². The Labute approximate surface area is 127 Å². The van der Waals surface area contributed by atoms with Crippen LogP contribution in [0.1, 0.15) is 24.3 Å². The molecular formula is C19H23NO. The minimum absolute atomic E-state index is 0.572. The predicted molar refractivity (Wildman–Crippen MR) is 87.9 cm³/mol. The highest BCUT2D eigenvalue weighted by molar-refractivity contribution is 5.66. The molecule has 2 nitrogen and oxygen atoms in total. The van der Waals surface area contributed by atoms with E-state index in [1.807, 2.05) is 0 Å². The summed E-state index contributed by atoms with van der Waals surface area (Å²) in [6.07, 6.45) is 2.51. The van der Waals surface area contributed by atoms with Crippen molar-refractivity contribution in [1.82, 2.24) is 4.90 Å². The Morgan fingerprint density at radius 3 is 2.57 bits per heavy atom. The number of hydrogen-bond acceptors (Lipinski definition) is 2. The molecule has 1 aliphatic rings. The van der Waals surface area contributed by atoms with E-state index in [2.05, 4.69) is 60.5 Å². The van der Waals surface area contributed by atoms with Gasteiger partial charge in [0.2, 0.25) is 0 Å². The number of methoxy groups -OCH3 is 1. The van der Waals surface area contributed by atoms with Crippen molar-refractivity contribution < 1.29 is 4.74 Å². The molecule has 0 bridgehead atoms. The number of likely N-dealkylation sites (N-methyl/N-ethyl adjacent to an activating group) is 1. The van der Waals surface area contributed by atoms with Crippen LogP contribution < -0.4 is 4.74 Å². The summed E-state index contributed by atoms with van der Waals surface area (Å²) in [5.41, 5.74) is 3.90. The van der Waals surface area contributed by atoms with Gasteiger partial charge in [-0.2, -0.15) is 0 Å². The van der Waals surface area contributed by atoms with E-state index in [4.69, 9.17) is 4.74 Å². The zero-order chi connectivity index (χ0) is 14.7. The quantitative estimate of drug-likeness (QED) is 0.837. The predicted octanol–water partition coefficient (Wildman–Crippen LogP) is 4.17. The normalized spacial score (nSPS) is 19.4. The molecule has 0 amide bonds. The van der Waals surface area contributed by atoms with E-state index in [-0.39, 0.29) is 0 Å². The van der Waals surface area contributed by atoms with Crippen LogP contribution in [0, 0.1) is 0 Å². The van der Waals surface area contributed by atoms with E-state index in [0.717, 1.165) is 12.3 Å². The van der Waals surface area contributed by atoms with Gasteiger partial charge in [-0.25, -0.2) is 0 Å². The first-order chi connectivity index (χ1) is 10.3. The van der Waals surface area contributed by atoms with E-state index in [0.29, 0.717) is 5.92 Å². The molecule has 1 atom stereocenters. The molecule has 1 fully saturated rings. The molecule has 3 rings (SSSR count). The highest BCUT2D eigenvalue weighted by Crippen LogP contribution is 2.35. The molecule has 0 aliphatic carbocycles. The Bertz CT molecular complexity index is 594. The van der Waals surface area contributed by atoms with Gasteiger partial charge in [0.05, 0.1) is 7.11 Å². The van der Waals surface area contributed by atoms with Crippen LogP contribution in [0.15, 0.2) is 48.5 Å². The fourth-order valence-corrected chi connectivity index (χ4v) is 3.28. The van der Waals surface area contributed by atoms with Gasteiger partial charge in [0, 0.05) is 12.5 Å². The molecule has 2 aromatic carbocycles. The van der Waals surface area contributed by atoms with E-state index >= 15 is 0 Å². The summed E-state index contributed by atoms with van der Waals surface area (Å²) in [5.74, 6) is 1.59. The third-order valence-electron chi connectivity index (χ3n) is 4.40. The zero-order valence-corrected chi connectivity index (χ0v) is 12.9. The van der Waals surface area contributed by atoms with E-state index in [1.54, 1.807) is 7.11 Å². The van der Waals surface area contributed by atoms with Crippen LogP contribution in [0.4, 0.5) is 0 Å². The van der Waals surface area contributed by atoms with Gasteiger partial charge in [0.15, 0.2) is 0 Å². The maximum atomic E-state index is 5.61. The molecule has 0 radical (unpaired) electrons. The van der Waals surface area contributed by atoms with Crippen LogP contribution >= 0.6 is 0 Å². The second kappa shape index (κ2) is 6.31. The smallest absolute Gasteiger partial charge is 0.122 e. The molecule has 0 saturated carbocycles. The van der Waals surface area contributed by atoms with Gasteiger partial charge in [0.25, 0.3) is 0 Å². The topological polar surface area (TPSA) is 12.5 Å². The van der Waals surface area contributed by atoms with Gasteiger partial charge in [-0.3, -0.25) is 0 Å². The first kappa shape index (κ1) is 14.2. The van der Waals surface area contributed by atoms with E-state index in [9.17, 15) is 0 Å². The SMILES string of the molecule is COc1ccc(-c2ccccc2)cc1C1CCCN(C)C1. The minimum Gasteiger partial charge on any atom is -0.496 e. The van der Waals surface area contributed by atoms with Crippen LogP contribution in [-0.4, -0.2) is 32.1 Å². The fraction of sp³-hybridized carbons (Fsp3) is 0.368. The van der Waals surface area contributed by atoms with Crippen molar-refractivity contribution in [3.05, 3.63) is 54.1 Å². The summed E-state index contributed by atoms with van der Waals surface area (Å²) in [5, 5.41) is 0. The Morgan fingerprint density at radius 1 is 1.05 bits per heavy atom. The number of hydrogen-bond donors (Lipinski definition) is 0. The maximum Gasteiger partial charge on any atom is 0.122 e. The van der Waals surface area contributed by atoms with Crippen molar-refractivity contribution in [2.75, 3.05) is 27.2 Å². The molecule has 2 aromatic rings. The summed E-state index contributed by atoms with van der Waals surface area (Å²) < 4.78 is 5.61. The van der Waals surface area contributed by atoms with Gasteiger partial charge < -0.3 is 9.64 Å². The van der Waals surface area contributed by atoms with Crippen molar-refractivity contribution in [3.63, 3.8) is 0 Å². The summed E-state index contributed by atoms with van der Waals surface area (Å²) in [6.45, 7) is 2.33. The molecule has 1 unspecified atom stereocenters. The van der Waals surface area contributed by atoms with E-state index in [1.165, 1.54) is 36.1 Å². The lowest BCUT2D eigenvalue weighted by Gasteiger charge is -2.31. The van der Waals surface area contributed by atoms with Crippen molar-refractivity contribution in [1.29, 1.82) is 0 Å². The lowest BCUT2D eigenvalue weighted by Crippen LogP contribution is -2.31. The maximum absolute atomic E-state index is 5.61. The van der Waals surface area contributed by atoms with Gasteiger partial charge in [-0.1, -0.05) is 36.4 Å². The summed E-state index contributed by atoms with van der Waals surface area (Å²) in [4.78, 5) is 2.42. The monoisotopic (exact) mass is 281 g/mol. The lowest BCUT2D eigenvalue weighted by molar-refractivity contribution is 0.247. The van der Waals surface area contributed by atoms with Gasteiger partial charge >= 0.3 is 0 Å². The summed E-state index contributed by atoms with van der Waals surface area (Å²) >= 11 is 0. The first-order valence-corrected chi connectivity index (χ1v) is 7.70. The lowest BCUT2D eigenvalue weighted by atomic mass is 9.88. The highest BCUT2D eigenvalue weighted by Gasteiger charge is 2.22. The van der Waals surface area contributed by atoms with Crippen molar-refractivity contribution in [3.8, 4) is 16.9 Å². The standard InChI is InChI=1S/C19H23NO/c1-20-12-6-9-17(14-20)18-13-16(10-11-19(18)21-2)15-7-4-3-5-8-15/h3-5,7-8,10-11,13,17H,6,9,12,14H2,1-2H3. The number of nitrogens with zero attached hydrogens (tertiary/aromatic N) is 1. The van der Waals surface area contributed by atoms with Crippen LogP contribution in [0.2, 0.25) is 0 Å². The van der Waals surface area contributed by atoms with E-state index < -0.39 is 0 Å². The Kier molecular flexibility index (Phi) is 4.26. The molecule has 21 heavy (non-hydrogen) atoms. The number of likely N-dealkylation sites (tertiary alicyclic amines) is 1. The summed E-state index contributed by atoms with van der Waals surface area (Å²) in [7, 11) is 3.98. The Morgan fingerprint density at radius 2 is 1.86 bits per heavy atom. The molecule has 1 aliphatic heterocycles. The largest absolute Gasteiger partial charge is 0.496 e. The van der Waals surface area contributed by atoms with Gasteiger partial charge in [0.1, 0.15) is 5.75 Å². The average molecular weight is 281 g/mol. The average Bonchev–Trinajstić information content (AvgIpc) is 2.55. The Hall–Kier alpha value is -1.80.